The molecule has 2 aliphatic rings. The lowest BCUT2D eigenvalue weighted by Crippen LogP contribution is -2.40. The van der Waals surface area contributed by atoms with Gasteiger partial charge in [0, 0.05) is 6.04 Å². The van der Waals surface area contributed by atoms with Crippen LogP contribution in [0.2, 0.25) is 0 Å². The van der Waals surface area contributed by atoms with Crippen LogP contribution in [0.15, 0.2) is 42.6 Å². The number of ether oxygens (including phenoxy) is 1. The van der Waals surface area contributed by atoms with Gasteiger partial charge in [0.15, 0.2) is 0 Å². The number of nitrogens with one attached hydrogen (secondary N) is 2. The fourth-order valence-electron chi connectivity index (χ4n) is 4.24. The largest absolute Gasteiger partial charge is 0.484 e. The molecule has 0 amide bonds. The zero-order chi connectivity index (χ0) is 19.0. The van der Waals surface area contributed by atoms with E-state index in [1.807, 2.05) is 25.2 Å². The maximum Gasteiger partial charge on any atom is 0.137 e. The zero-order valence-corrected chi connectivity index (χ0v) is 15.7. The van der Waals surface area contributed by atoms with Gasteiger partial charge in [-0.05, 0) is 62.5 Å². The summed E-state index contributed by atoms with van der Waals surface area (Å²) < 4.78 is 7.94. The molecule has 0 saturated carbocycles. The van der Waals surface area contributed by atoms with E-state index >= 15 is 0 Å². The Kier molecular flexibility index (Phi) is 4.85. The summed E-state index contributed by atoms with van der Waals surface area (Å²) in [5, 5.41) is 16.8. The SMILES string of the molecule is CN1CCC[C@H]1C(=N)n1cc(O[C@@H]2CCC(N)c3ccccc32)ccc1=N. The molecule has 3 atom stereocenters. The van der Waals surface area contributed by atoms with E-state index in [4.69, 9.17) is 21.3 Å². The van der Waals surface area contributed by atoms with E-state index in [1.165, 1.54) is 0 Å². The van der Waals surface area contributed by atoms with Gasteiger partial charge in [-0.1, -0.05) is 24.3 Å². The van der Waals surface area contributed by atoms with Gasteiger partial charge in [-0.25, -0.2) is 0 Å². The van der Waals surface area contributed by atoms with Crippen molar-refractivity contribution in [1.29, 1.82) is 10.8 Å². The van der Waals surface area contributed by atoms with Gasteiger partial charge in [0.1, 0.15) is 23.2 Å². The maximum absolute atomic E-state index is 8.59. The Balaban J connectivity index is 1.60. The van der Waals surface area contributed by atoms with E-state index in [0.717, 1.165) is 43.4 Å². The van der Waals surface area contributed by atoms with Crippen LogP contribution in [-0.2, 0) is 0 Å². The van der Waals surface area contributed by atoms with Crippen LogP contribution in [0.1, 0.15) is 49.0 Å². The van der Waals surface area contributed by atoms with Crippen LogP contribution in [0, 0.1) is 10.8 Å². The second kappa shape index (κ2) is 7.29. The van der Waals surface area contributed by atoms with Crippen molar-refractivity contribution in [2.24, 2.45) is 5.73 Å². The van der Waals surface area contributed by atoms with Crippen molar-refractivity contribution < 1.29 is 4.74 Å². The molecule has 4 N–H and O–H groups in total. The van der Waals surface area contributed by atoms with Crippen molar-refractivity contribution >= 4 is 5.84 Å². The molecule has 1 aliphatic carbocycles. The molecule has 6 heteroatoms. The zero-order valence-electron chi connectivity index (χ0n) is 15.7. The predicted octanol–water partition coefficient (Wildman–Crippen LogP) is 2.80. The van der Waals surface area contributed by atoms with Crippen LogP contribution < -0.4 is 16.0 Å². The number of nitrogens with two attached hydrogens (primary N) is 1. The first kappa shape index (κ1) is 17.9. The molecular weight excluding hydrogens is 338 g/mol. The van der Waals surface area contributed by atoms with E-state index in [-0.39, 0.29) is 18.2 Å². The van der Waals surface area contributed by atoms with E-state index in [9.17, 15) is 0 Å². The van der Waals surface area contributed by atoms with Crippen molar-refractivity contribution in [3.8, 4) is 5.75 Å². The van der Waals surface area contributed by atoms with Crippen molar-refractivity contribution in [2.45, 2.75) is 43.9 Å². The normalized spacial score (nSPS) is 25.2. The minimum atomic E-state index is -0.0469. The van der Waals surface area contributed by atoms with E-state index in [0.29, 0.717) is 17.1 Å². The quantitative estimate of drug-likeness (QED) is 0.577. The van der Waals surface area contributed by atoms with E-state index in [1.54, 1.807) is 16.8 Å². The lowest BCUT2D eigenvalue weighted by atomic mass is 9.86. The Morgan fingerprint density at radius 1 is 1.11 bits per heavy atom. The highest BCUT2D eigenvalue weighted by Crippen LogP contribution is 2.37. The van der Waals surface area contributed by atoms with Crippen LogP contribution in [0.5, 0.6) is 5.75 Å². The summed E-state index contributed by atoms with van der Waals surface area (Å²) in [6.45, 7) is 0.996. The summed E-state index contributed by atoms with van der Waals surface area (Å²) in [5.74, 6) is 1.13. The van der Waals surface area contributed by atoms with Gasteiger partial charge in [0.25, 0.3) is 0 Å². The molecule has 1 aromatic heterocycles. The Hall–Kier alpha value is -2.44. The third kappa shape index (κ3) is 3.42. The molecule has 0 spiro atoms. The van der Waals surface area contributed by atoms with Crippen LogP contribution >= 0.6 is 0 Å². The lowest BCUT2D eigenvalue weighted by Gasteiger charge is -2.30. The number of aromatic nitrogens is 1. The average molecular weight is 365 g/mol. The number of pyridine rings is 1. The van der Waals surface area contributed by atoms with Crippen molar-refractivity contribution in [3.05, 3.63) is 59.2 Å². The Morgan fingerprint density at radius 3 is 2.63 bits per heavy atom. The second-order valence-electron chi connectivity index (χ2n) is 7.56. The molecule has 4 rings (SSSR count). The van der Waals surface area contributed by atoms with Crippen LogP contribution in [0.25, 0.3) is 0 Å². The fourth-order valence-corrected chi connectivity index (χ4v) is 4.24. The Morgan fingerprint density at radius 2 is 1.89 bits per heavy atom. The summed E-state index contributed by atoms with van der Waals surface area (Å²) >= 11 is 0. The third-order valence-electron chi connectivity index (χ3n) is 5.78. The summed E-state index contributed by atoms with van der Waals surface area (Å²) in [6, 6.07) is 11.8. The first-order valence-corrected chi connectivity index (χ1v) is 9.62. The number of benzene rings is 1. The molecule has 1 aromatic carbocycles. The average Bonchev–Trinajstić information content (AvgIpc) is 3.11. The predicted molar refractivity (Wildman–Crippen MR) is 105 cm³/mol. The van der Waals surface area contributed by atoms with Gasteiger partial charge in [-0.3, -0.25) is 20.3 Å². The Labute approximate surface area is 159 Å². The second-order valence-corrected chi connectivity index (χ2v) is 7.56. The molecular formula is C21H27N5O. The molecule has 0 bridgehead atoms. The molecule has 27 heavy (non-hydrogen) atoms. The van der Waals surface area contributed by atoms with Gasteiger partial charge in [-0.2, -0.15) is 0 Å². The highest BCUT2D eigenvalue weighted by atomic mass is 16.5. The van der Waals surface area contributed by atoms with Gasteiger partial charge in [-0.15, -0.1) is 0 Å². The standard InChI is InChI=1S/C21H27N5O/c1-25-12-4-7-18(25)21(24)26-13-14(8-11-20(26)23)27-19-10-9-17(22)15-5-2-3-6-16(15)19/h2-3,5-6,8,11,13,17-19,23-24H,4,7,9-10,12,22H2,1H3/t17?,18-,19+/m0/s1. The van der Waals surface area contributed by atoms with Gasteiger partial charge in [0.2, 0.25) is 0 Å². The number of hydrogen-bond donors (Lipinski definition) is 3. The molecule has 1 saturated heterocycles. The molecule has 1 aliphatic heterocycles. The first-order chi connectivity index (χ1) is 13.0. The molecule has 2 heterocycles. The summed E-state index contributed by atoms with van der Waals surface area (Å²) in [5.41, 5.74) is 8.85. The fraction of sp³-hybridized carbons (Fsp3) is 0.429. The topological polar surface area (TPSA) is 91.1 Å². The smallest absolute Gasteiger partial charge is 0.137 e. The Bertz CT molecular complexity index is 905. The summed E-state index contributed by atoms with van der Waals surface area (Å²) in [7, 11) is 2.04. The van der Waals surface area contributed by atoms with Crippen molar-refractivity contribution in [3.63, 3.8) is 0 Å². The van der Waals surface area contributed by atoms with Gasteiger partial charge < -0.3 is 10.5 Å². The molecule has 142 valence electrons. The molecule has 0 radical (unpaired) electrons. The molecule has 6 nitrogen and oxygen atoms in total. The molecule has 1 fully saturated rings. The van der Waals surface area contributed by atoms with Crippen LogP contribution in [-0.4, -0.2) is 34.9 Å². The third-order valence-corrected chi connectivity index (χ3v) is 5.78. The first-order valence-electron chi connectivity index (χ1n) is 9.62. The highest BCUT2D eigenvalue weighted by molar-refractivity contribution is 5.87. The highest BCUT2D eigenvalue weighted by Gasteiger charge is 2.28. The van der Waals surface area contributed by atoms with Crippen molar-refractivity contribution in [1.82, 2.24) is 9.47 Å². The molecule has 1 unspecified atom stereocenters. The minimum Gasteiger partial charge on any atom is -0.484 e. The van der Waals surface area contributed by atoms with Gasteiger partial charge >= 0.3 is 0 Å². The van der Waals surface area contributed by atoms with E-state index in [2.05, 4.69) is 17.0 Å². The number of fused-ring (bicyclic) bond motifs is 1. The van der Waals surface area contributed by atoms with Crippen molar-refractivity contribution in [2.75, 3.05) is 13.6 Å². The van der Waals surface area contributed by atoms with Crippen LogP contribution in [0.3, 0.4) is 0 Å². The molecule has 2 aromatic rings. The lowest BCUT2D eigenvalue weighted by molar-refractivity contribution is 0.176. The van der Waals surface area contributed by atoms with E-state index < -0.39 is 0 Å². The van der Waals surface area contributed by atoms with Gasteiger partial charge in [0.05, 0.1) is 12.2 Å². The monoisotopic (exact) mass is 365 g/mol. The summed E-state index contributed by atoms with van der Waals surface area (Å²) in [6.07, 6.45) is 5.54. The maximum atomic E-state index is 8.59. The summed E-state index contributed by atoms with van der Waals surface area (Å²) in [4.78, 5) is 2.18. The number of nitrogens with zero attached hydrogens (tertiary/aromatic N) is 2. The number of rotatable bonds is 3. The minimum absolute atomic E-state index is 0.0469. The number of likely N-dealkylation sites (tertiary alicyclic amines) is 1. The number of likely N-dealkylation sites (N-methyl/N-ethyl adjacent to an activating group) is 1. The number of hydrogen-bond acceptors (Lipinski definition) is 5. The van der Waals surface area contributed by atoms with Crippen LogP contribution in [0.4, 0.5) is 0 Å².